The molecule has 4 nitrogen and oxygen atoms in total. The van der Waals surface area contributed by atoms with Gasteiger partial charge in [-0.1, -0.05) is 40.7 Å². The standard InChI is InChI=1S/C16H24N2O2/c1-6-13(19)17-11-9-8-10-12(18-14(20)7-2)15(11)16(3,4)5/h8-10H,6-7H2,1-5H3,(H,17,19)(H,18,20). The Labute approximate surface area is 121 Å². The number of carbonyl (C=O) groups excluding carboxylic acids is 2. The van der Waals surface area contributed by atoms with Crippen LogP contribution in [0.15, 0.2) is 18.2 Å². The van der Waals surface area contributed by atoms with Gasteiger partial charge in [-0.15, -0.1) is 0 Å². The lowest BCUT2D eigenvalue weighted by atomic mass is 9.84. The highest BCUT2D eigenvalue weighted by molar-refractivity contribution is 5.96. The fraction of sp³-hybridized carbons (Fsp3) is 0.500. The molecule has 2 N–H and O–H groups in total. The van der Waals surface area contributed by atoms with Crippen LogP contribution >= 0.6 is 0 Å². The van der Waals surface area contributed by atoms with Crippen LogP contribution < -0.4 is 10.6 Å². The Morgan fingerprint density at radius 2 is 1.35 bits per heavy atom. The molecule has 0 radical (unpaired) electrons. The zero-order valence-corrected chi connectivity index (χ0v) is 13.0. The fourth-order valence-electron chi connectivity index (χ4n) is 2.05. The lowest BCUT2D eigenvalue weighted by molar-refractivity contribution is -0.116. The summed E-state index contributed by atoms with van der Waals surface area (Å²) in [6, 6.07) is 5.58. The van der Waals surface area contributed by atoms with Crippen molar-refractivity contribution in [1.29, 1.82) is 0 Å². The van der Waals surface area contributed by atoms with Crippen LogP contribution in [-0.2, 0) is 15.0 Å². The van der Waals surface area contributed by atoms with Gasteiger partial charge in [0.05, 0.1) is 0 Å². The normalized spacial score (nSPS) is 11.1. The molecule has 0 aliphatic rings. The van der Waals surface area contributed by atoms with Gasteiger partial charge in [0.2, 0.25) is 11.8 Å². The lowest BCUT2D eigenvalue weighted by Crippen LogP contribution is -2.22. The maximum absolute atomic E-state index is 11.7. The van der Waals surface area contributed by atoms with E-state index in [-0.39, 0.29) is 17.2 Å². The van der Waals surface area contributed by atoms with Crippen LogP contribution in [0.2, 0.25) is 0 Å². The van der Waals surface area contributed by atoms with Crippen LogP contribution in [0.5, 0.6) is 0 Å². The van der Waals surface area contributed by atoms with E-state index in [1.807, 2.05) is 32.0 Å². The Bertz CT molecular complexity index is 465. The summed E-state index contributed by atoms with van der Waals surface area (Å²) in [6.45, 7) is 9.81. The Morgan fingerprint density at radius 3 is 1.65 bits per heavy atom. The van der Waals surface area contributed by atoms with Gasteiger partial charge >= 0.3 is 0 Å². The summed E-state index contributed by atoms with van der Waals surface area (Å²) < 4.78 is 0. The second kappa shape index (κ2) is 6.55. The Hall–Kier alpha value is -1.84. The Balaban J connectivity index is 3.27. The number of hydrogen-bond acceptors (Lipinski definition) is 2. The van der Waals surface area contributed by atoms with Gasteiger partial charge in [0.1, 0.15) is 0 Å². The van der Waals surface area contributed by atoms with Gasteiger partial charge in [0.15, 0.2) is 0 Å². The molecule has 110 valence electrons. The third kappa shape index (κ3) is 4.08. The number of benzene rings is 1. The first-order valence-electron chi connectivity index (χ1n) is 7.02. The summed E-state index contributed by atoms with van der Waals surface area (Å²) in [5.74, 6) is -0.0658. The van der Waals surface area contributed by atoms with E-state index in [4.69, 9.17) is 0 Å². The topological polar surface area (TPSA) is 58.2 Å². The summed E-state index contributed by atoms with van der Waals surface area (Å²) in [6.07, 6.45) is 0.851. The van der Waals surface area contributed by atoms with E-state index in [9.17, 15) is 9.59 Å². The monoisotopic (exact) mass is 276 g/mol. The summed E-state index contributed by atoms with van der Waals surface area (Å²) in [5.41, 5.74) is 2.29. The number of anilines is 2. The maximum Gasteiger partial charge on any atom is 0.224 e. The first-order valence-corrected chi connectivity index (χ1v) is 7.02. The second-order valence-electron chi connectivity index (χ2n) is 5.78. The molecule has 0 aliphatic carbocycles. The first kappa shape index (κ1) is 16.2. The molecule has 0 aromatic heterocycles. The average molecular weight is 276 g/mol. The lowest BCUT2D eigenvalue weighted by Gasteiger charge is -2.26. The van der Waals surface area contributed by atoms with Crippen LogP contribution in [0, 0.1) is 0 Å². The number of rotatable bonds is 4. The van der Waals surface area contributed by atoms with Crippen molar-refractivity contribution in [3.05, 3.63) is 23.8 Å². The second-order valence-corrected chi connectivity index (χ2v) is 5.78. The first-order chi connectivity index (χ1) is 9.29. The predicted molar refractivity (Wildman–Crippen MR) is 83.0 cm³/mol. The molecule has 20 heavy (non-hydrogen) atoms. The smallest absolute Gasteiger partial charge is 0.224 e. The van der Waals surface area contributed by atoms with Crippen molar-refractivity contribution in [2.24, 2.45) is 0 Å². The Morgan fingerprint density at radius 1 is 0.950 bits per heavy atom. The highest BCUT2D eigenvalue weighted by Crippen LogP contribution is 2.36. The van der Waals surface area contributed by atoms with Crippen LogP contribution in [0.25, 0.3) is 0 Å². The minimum Gasteiger partial charge on any atom is -0.326 e. The molecule has 0 unspecified atom stereocenters. The molecule has 1 aromatic rings. The molecular weight excluding hydrogens is 252 g/mol. The van der Waals surface area contributed by atoms with Crippen molar-refractivity contribution >= 4 is 23.2 Å². The highest BCUT2D eigenvalue weighted by Gasteiger charge is 2.23. The van der Waals surface area contributed by atoms with Crippen LogP contribution in [0.3, 0.4) is 0 Å². The van der Waals surface area contributed by atoms with Crippen molar-refractivity contribution < 1.29 is 9.59 Å². The number of carbonyl (C=O) groups is 2. The van der Waals surface area contributed by atoms with Crippen molar-refractivity contribution in [2.75, 3.05) is 10.6 Å². The van der Waals surface area contributed by atoms with Gasteiger partial charge in [-0.25, -0.2) is 0 Å². The molecule has 0 aliphatic heterocycles. The summed E-state index contributed by atoms with van der Waals surface area (Å²) in [5, 5.41) is 5.82. The predicted octanol–water partition coefficient (Wildman–Crippen LogP) is 3.68. The van der Waals surface area contributed by atoms with Gasteiger partial charge in [-0.2, -0.15) is 0 Å². The third-order valence-electron chi connectivity index (χ3n) is 3.00. The molecule has 4 heteroatoms. The summed E-state index contributed by atoms with van der Waals surface area (Å²) in [7, 11) is 0. The van der Waals surface area contributed by atoms with Crippen molar-refractivity contribution in [1.82, 2.24) is 0 Å². The van der Waals surface area contributed by atoms with Gasteiger partial charge in [0, 0.05) is 29.8 Å². The molecule has 0 saturated heterocycles. The van der Waals surface area contributed by atoms with Gasteiger partial charge in [0.25, 0.3) is 0 Å². The molecule has 0 saturated carbocycles. The number of nitrogens with one attached hydrogen (secondary N) is 2. The van der Waals surface area contributed by atoms with Crippen molar-refractivity contribution in [2.45, 2.75) is 52.9 Å². The largest absolute Gasteiger partial charge is 0.326 e. The maximum atomic E-state index is 11.7. The summed E-state index contributed by atoms with van der Waals surface area (Å²) >= 11 is 0. The zero-order valence-electron chi connectivity index (χ0n) is 13.0. The minimum absolute atomic E-state index is 0.0329. The third-order valence-corrected chi connectivity index (χ3v) is 3.00. The molecule has 0 bridgehead atoms. The average Bonchev–Trinajstić information content (AvgIpc) is 2.37. The van der Waals surface area contributed by atoms with E-state index in [0.29, 0.717) is 12.8 Å². The number of hydrogen-bond donors (Lipinski definition) is 2. The van der Waals surface area contributed by atoms with E-state index in [1.165, 1.54) is 0 Å². The zero-order chi connectivity index (χ0) is 15.3. The van der Waals surface area contributed by atoms with Gasteiger partial charge in [-0.05, 0) is 17.5 Å². The van der Waals surface area contributed by atoms with Crippen LogP contribution in [0.1, 0.15) is 53.0 Å². The molecule has 0 heterocycles. The highest BCUT2D eigenvalue weighted by atomic mass is 16.2. The van der Waals surface area contributed by atoms with E-state index in [1.54, 1.807) is 0 Å². The molecule has 0 fully saturated rings. The van der Waals surface area contributed by atoms with E-state index in [2.05, 4.69) is 31.4 Å². The van der Waals surface area contributed by atoms with Crippen LogP contribution in [-0.4, -0.2) is 11.8 Å². The van der Waals surface area contributed by atoms with Crippen LogP contribution in [0.4, 0.5) is 11.4 Å². The number of amides is 2. The molecular formula is C16H24N2O2. The van der Waals surface area contributed by atoms with Crippen molar-refractivity contribution in [3.8, 4) is 0 Å². The fourth-order valence-corrected chi connectivity index (χ4v) is 2.05. The molecule has 2 amide bonds. The van der Waals surface area contributed by atoms with Gasteiger partial charge < -0.3 is 10.6 Å². The Kier molecular flexibility index (Phi) is 5.31. The van der Waals surface area contributed by atoms with E-state index in [0.717, 1.165) is 16.9 Å². The van der Waals surface area contributed by atoms with E-state index < -0.39 is 0 Å². The molecule has 0 atom stereocenters. The van der Waals surface area contributed by atoms with E-state index >= 15 is 0 Å². The van der Waals surface area contributed by atoms with Gasteiger partial charge in [-0.3, -0.25) is 9.59 Å². The van der Waals surface area contributed by atoms with Crippen molar-refractivity contribution in [3.63, 3.8) is 0 Å². The quantitative estimate of drug-likeness (QED) is 0.881. The molecule has 1 aromatic carbocycles. The minimum atomic E-state index is -0.187. The SMILES string of the molecule is CCC(=O)Nc1cccc(NC(=O)CC)c1C(C)(C)C. The summed E-state index contributed by atoms with van der Waals surface area (Å²) in [4.78, 5) is 23.3. The molecule has 1 rings (SSSR count). The molecule has 0 spiro atoms.